The van der Waals surface area contributed by atoms with Gasteiger partial charge < -0.3 is 24.1 Å². The van der Waals surface area contributed by atoms with Crippen LogP contribution < -0.4 is 14.8 Å². The summed E-state index contributed by atoms with van der Waals surface area (Å²) in [5.41, 5.74) is 0.882. The maximum absolute atomic E-state index is 12.1. The average molecular weight is 402 g/mol. The quantitative estimate of drug-likeness (QED) is 0.426. The van der Waals surface area contributed by atoms with Crippen LogP contribution in [-0.2, 0) is 11.3 Å². The van der Waals surface area contributed by atoms with Crippen molar-refractivity contribution in [2.45, 2.75) is 6.61 Å². The predicted molar refractivity (Wildman–Crippen MR) is 103 cm³/mol. The second kappa shape index (κ2) is 9.00. The number of carbonyl (C=O) groups excluding carboxylic acids is 1. The monoisotopic (exact) mass is 402 g/mol. The normalized spacial score (nSPS) is 10.4. The first kappa shape index (κ1) is 19.4. The van der Waals surface area contributed by atoms with Gasteiger partial charge in [-0.25, -0.2) is 9.78 Å². The molecule has 3 rings (SSSR count). The van der Waals surface area contributed by atoms with Crippen molar-refractivity contribution in [2.24, 2.45) is 0 Å². The minimum atomic E-state index is -0.575. The molecule has 0 atom stereocenters. The summed E-state index contributed by atoms with van der Waals surface area (Å²) in [7, 11) is 3.10. The van der Waals surface area contributed by atoms with Crippen molar-refractivity contribution in [3.63, 3.8) is 0 Å². The number of hydrogen-bond donors (Lipinski definition) is 1. The van der Waals surface area contributed by atoms with E-state index < -0.39 is 5.97 Å². The van der Waals surface area contributed by atoms with Gasteiger partial charge in [0.1, 0.15) is 0 Å². The van der Waals surface area contributed by atoms with Crippen molar-refractivity contribution in [1.82, 2.24) is 15.1 Å². The van der Waals surface area contributed by atoms with Crippen LogP contribution in [0.25, 0.3) is 11.4 Å². The second-order valence-electron chi connectivity index (χ2n) is 5.37. The van der Waals surface area contributed by atoms with Crippen molar-refractivity contribution < 1.29 is 23.5 Å². The molecule has 9 nitrogen and oxygen atoms in total. The molecule has 2 heterocycles. The van der Waals surface area contributed by atoms with Crippen LogP contribution >= 0.6 is 11.3 Å². The Morgan fingerprint density at radius 1 is 1.29 bits per heavy atom. The van der Waals surface area contributed by atoms with Crippen LogP contribution in [0.15, 0.2) is 40.8 Å². The lowest BCUT2D eigenvalue weighted by Crippen LogP contribution is -2.06. The minimum absolute atomic E-state index is 0.161. The van der Waals surface area contributed by atoms with Gasteiger partial charge in [0.2, 0.25) is 5.82 Å². The van der Waals surface area contributed by atoms with Gasteiger partial charge in [0.05, 0.1) is 14.2 Å². The first-order valence-electron chi connectivity index (χ1n) is 8.17. The van der Waals surface area contributed by atoms with Gasteiger partial charge in [-0.3, -0.25) is 0 Å². The largest absolute Gasteiger partial charge is 0.493 e. The highest BCUT2D eigenvalue weighted by atomic mass is 32.1. The van der Waals surface area contributed by atoms with Gasteiger partial charge in [0.15, 0.2) is 28.9 Å². The zero-order valence-corrected chi connectivity index (χ0v) is 16.1. The third-order valence-electron chi connectivity index (χ3n) is 3.55. The Morgan fingerprint density at radius 2 is 2.11 bits per heavy atom. The molecule has 0 bridgehead atoms. The standard InChI is InChI=1S/C18H18N4O5S/c1-4-7-19-18-20-12(10-28-18)17(23)26-9-15-21-16(22-27-15)11-5-6-13(24-2)14(8-11)25-3/h4-6,8,10H,1,7,9H2,2-3H3,(H,19,20). The number of esters is 1. The molecule has 0 saturated heterocycles. The molecule has 0 saturated carbocycles. The average Bonchev–Trinajstić information content (AvgIpc) is 3.39. The summed E-state index contributed by atoms with van der Waals surface area (Å²) in [6.45, 7) is 4.01. The van der Waals surface area contributed by atoms with Crippen LogP contribution in [-0.4, -0.2) is 41.9 Å². The molecule has 1 aromatic carbocycles. The third kappa shape index (κ3) is 4.46. The van der Waals surface area contributed by atoms with E-state index in [0.29, 0.717) is 34.6 Å². The Hall–Kier alpha value is -3.40. The molecule has 0 spiro atoms. The van der Waals surface area contributed by atoms with Gasteiger partial charge in [-0.05, 0) is 18.2 Å². The number of ether oxygens (including phenoxy) is 3. The van der Waals surface area contributed by atoms with E-state index >= 15 is 0 Å². The fraction of sp³-hybridized carbons (Fsp3) is 0.222. The van der Waals surface area contributed by atoms with Crippen molar-refractivity contribution in [2.75, 3.05) is 26.1 Å². The van der Waals surface area contributed by atoms with E-state index in [-0.39, 0.29) is 18.2 Å². The van der Waals surface area contributed by atoms with Crippen molar-refractivity contribution >= 4 is 22.4 Å². The second-order valence-corrected chi connectivity index (χ2v) is 6.22. The summed E-state index contributed by atoms with van der Waals surface area (Å²) in [5, 5.41) is 9.12. The highest BCUT2D eigenvalue weighted by Gasteiger charge is 2.16. The first-order valence-corrected chi connectivity index (χ1v) is 9.05. The summed E-state index contributed by atoms with van der Waals surface area (Å²) < 4.78 is 20.8. The molecule has 0 radical (unpaired) electrons. The van der Waals surface area contributed by atoms with Crippen LogP contribution in [0.1, 0.15) is 16.4 Å². The van der Waals surface area contributed by atoms with E-state index in [9.17, 15) is 4.79 Å². The van der Waals surface area contributed by atoms with E-state index in [0.717, 1.165) is 0 Å². The summed E-state index contributed by atoms with van der Waals surface area (Å²) in [6.07, 6.45) is 1.70. The summed E-state index contributed by atoms with van der Waals surface area (Å²) in [4.78, 5) is 20.5. The zero-order chi connectivity index (χ0) is 19.9. The molecule has 0 aliphatic heterocycles. The molecule has 28 heavy (non-hydrogen) atoms. The van der Waals surface area contributed by atoms with Crippen molar-refractivity contribution in [1.29, 1.82) is 0 Å². The van der Waals surface area contributed by atoms with Crippen LogP contribution in [0.4, 0.5) is 5.13 Å². The van der Waals surface area contributed by atoms with Gasteiger partial charge in [-0.1, -0.05) is 11.2 Å². The molecule has 0 aliphatic carbocycles. The van der Waals surface area contributed by atoms with E-state index in [1.807, 2.05) is 0 Å². The Kier molecular flexibility index (Phi) is 6.22. The number of nitrogens with one attached hydrogen (secondary N) is 1. The van der Waals surface area contributed by atoms with Crippen molar-refractivity contribution in [3.8, 4) is 22.9 Å². The molecule has 0 amide bonds. The SMILES string of the molecule is C=CCNc1nc(C(=O)OCc2nc(-c3ccc(OC)c(OC)c3)no2)cs1. The maximum Gasteiger partial charge on any atom is 0.358 e. The topological polar surface area (TPSA) is 109 Å². The third-order valence-corrected chi connectivity index (χ3v) is 4.35. The number of rotatable bonds is 9. The highest BCUT2D eigenvalue weighted by molar-refractivity contribution is 7.13. The summed E-state index contributed by atoms with van der Waals surface area (Å²) >= 11 is 1.30. The van der Waals surface area contributed by atoms with Crippen LogP contribution in [0.3, 0.4) is 0 Å². The van der Waals surface area contributed by atoms with Gasteiger partial charge in [0, 0.05) is 17.5 Å². The lowest BCUT2D eigenvalue weighted by atomic mass is 10.2. The molecule has 1 N–H and O–H groups in total. The summed E-state index contributed by atoms with van der Waals surface area (Å²) in [5.74, 6) is 1.07. The number of thiazole rings is 1. The zero-order valence-electron chi connectivity index (χ0n) is 15.3. The number of hydrogen-bond acceptors (Lipinski definition) is 10. The molecule has 0 unspecified atom stereocenters. The van der Waals surface area contributed by atoms with Gasteiger partial charge >= 0.3 is 5.97 Å². The molecular weight excluding hydrogens is 384 g/mol. The Labute approximate surface area is 165 Å². The number of aromatic nitrogens is 3. The van der Waals surface area contributed by atoms with Gasteiger partial charge in [-0.2, -0.15) is 4.98 Å². The molecular formula is C18H18N4O5S. The van der Waals surface area contributed by atoms with E-state index in [1.54, 1.807) is 43.9 Å². The van der Waals surface area contributed by atoms with Gasteiger partial charge in [0.25, 0.3) is 5.89 Å². The van der Waals surface area contributed by atoms with E-state index in [1.165, 1.54) is 11.3 Å². The Bertz CT molecular complexity index is 969. The number of anilines is 1. The molecule has 0 aliphatic rings. The van der Waals surface area contributed by atoms with Crippen molar-refractivity contribution in [3.05, 3.63) is 47.8 Å². The number of methoxy groups -OCH3 is 2. The molecule has 0 fully saturated rings. The fourth-order valence-corrected chi connectivity index (χ4v) is 2.91. The molecule has 10 heteroatoms. The van der Waals surface area contributed by atoms with E-state index in [2.05, 4.69) is 27.0 Å². The van der Waals surface area contributed by atoms with Crippen LogP contribution in [0.2, 0.25) is 0 Å². The maximum atomic E-state index is 12.1. The fourth-order valence-electron chi connectivity index (χ4n) is 2.22. The molecule has 2 aromatic heterocycles. The number of nitrogens with zero attached hydrogens (tertiary/aromatic N) is 3. The molecule has 3 aromatic rings. The number of benzene rings is 1. The minimum Gasteiger partial charge on any atom is -0.493 e. The first-order chi connectivity index (χ1) is 13.6. The Balaban J connectivity index is 1.62. The van der Waals surface area contributed by atoms with Crippen LogP contribution in [0, 0.1) is 0 Å². The lowest BCUT2D eigenvalue weighted by molar-refractivity contribution is 0.0424. The smallest absolute Gasteiger partial charge is 0.358 e. The number of carbonyl (C=O) groups is 1. The van der Waals surface area contributed by atoms with Crippen LogP contribution in [0.5, 0.6) is 11.5 Å². The van der Waals surface area contributed by atoms with E-state index in [4.69, 9.17) is 18.7 Å². The Morgan fingerprint density at radius 3 is 2.86 bits per heavy atom. The summed E-state index contributed by atoms with van der Waals surface area (Å²) in [6, 6.07) is 5.24. The van der Waals surface area contributed by atoms with Gasteiger partial charge in [-0.15, -0.1) is 17.9 Å². The predicted octanol–water partition coefficient (Wildman–Crippen LogP) is 3.17. The highest BCUT2D eigenvalue weighted by Crippen LogP contribution is 2.31. The molecule has 146 valence electrons. The lowest BCUT2D eigenvalue weighted by Gasteiger charge is -2.07.